The summed E-state index contributed by atoms with van der Waals surface area (Å²) in [5.74, 6) is -6.91. The zero-order valence-electron chi connectivity index (χ0n) is 24.3. The summed E-state index contributed by atoms with van der Waals surface area (Å²) in [6.07, 6.45) is 1.08. The molecule has 6 atom stereocenters. The van der Waals surface area contributed by atoms with Gasteiger partial charge in [0.05, 0.1) is 26.8 Å². The third-order valence-corrected chi connectivity index (χ3v) is 11.8. The summed E-state index contributed by atoms with van der Waals surface area (Å²) < 4.78 is 68.4. The summed E-state index contributed by atoms with van der Waals surface area (Å²) in [6, 6.07) is 13.3. The molecule has 13 heteroatoms. The molecule has 2 fully saturated rings. The second-order valence-electron chi connectivity index (χ2n) is 12.0. The Morgan fingerprint density at radius 3 is 2.36 bits per heavy atom. The molecule has 5 N–H and O–H groups in total. The van der Waals surface area contributed by atoms with Gasteiger partial charge in [-0.3, -0.25) is 9.59 Å². The van der Waals surface area contributed by atoms with Gasteiger partial charge in [0.2, 0.25) is 5.91 Å². The Labute approximate surface area is 264 Å². The van der Waals surface area contributed by atoms with Gasteiger partial charge in [-0.1, -0.05) is 48.9 Å². The normalized spacial score (nSPS) is 25.0. The molecule has 45 heavy (non-hydrogen) atoms. The number of nitrogens with two attached hydrogens (primary N) is 1. The Balaban J connectivity index is 1.29. The van der Waals surface area contributed by atoms with Gasteiger partial charge >= 0.3 is 0 Å². The molecule has 5 rings (SSSR count). The first kappa shape index (κ1) is 32.9. The predicted molar refractivity (Wildman–Crippen MR) is 163 cm³/mol. The summed E-state index contributed by atoms with van der Waals surface area (Å²) in [5, 5.41) is 15.7. The lowest BCUT2D eigenvalue weighted by Crippen LogP contribution is -2.57. The number of anilines is 1. The average Bonchev–Trinajstić information content (AvgIpc) is 3.10. The number of sulfone groups is 1. The van der Waals surface area contributed by atoms with Crippen LogP contribution in [0.25, 0.3) is 0 Å². The van der Waals surface area contributed by atoms with E-state index in [1.807, 2.05) is 37.3 Å². The first-order valence-corrected chi connectivity index (χ1v) is 16.4. The van der Waals surface area contributed by atoms with E-state index in [9.17, 15) is 36.3 Å². The fourth-order valence-electron chi connectivity index (χ4n) is 6.77. The Morgan fingerprint density at radius 1 is 1.04 bits per heavy atom. The average molecular weight is 664 g/mol. The van der Waals surface area contributed by atoms with E-state index in [0.29, 0.717) is 25.0 Å². The molecule has 0 aliphatic heterocycles. The second-order valence-corrected chi connectivity index (χ2v) is 14.6. The van der Waals surface area contributed by atoms with Crippen molar-refractivity contribution in [3.8, 4) is 0 Å². The Kier molecular flexibility index (Phi) is 9.33. The molecule has 2 aliphatic carbocycles. The third kappa shape index (κ3) is 6.60. The number of amides is 2. The first-order chi connectivity index (χ1) is 21.2. The topological polar surface area (TPSA) is 139 Å². The summed E-state index contributed by atoms with van der Waals surface area (Å²) in [6.45, 7) is 1.87. The summed E-state index contributed by atoms with van der Waals surface area (Å²) in [4.78, 5) is 25.3. The fraction of sp³-hybridized carbons (Fsp3) is 0.375. The lowest BCUT2D eigenvalue weighted by molar-refractivity contribution is -0.125. The number of aliphatic hydroxyl groups is 1. The van der Waals surface area contributed by atoms with E-state index < -0.39 is 67.8 Å². The number of nitrogens with one attached hydrogen (secondary N) is 2. The monoisotopic (exact) mass is 663 g/mol. The molecule has 2 bridgehead atoms. The molecule has 2 aliphatic rings. The number of hydrogen-bond donors (Lipinski definition) is 4. The molecule has 0 aromatic heterocycles. The maximum Gasteiger partial charge on any atom is 0.255 e. The van der Waals surface area contributed by atoms with Crippen molar-refractivity contribution in [2.75, 3.05) is 11.9 Å². The number of halogens is 4. The molecule has 3 aromatic carbocycles. The van der Waals surface area contributed by atoms with E-state index >= 15 is 0 Å². The van der Waals surface area contributed by atoms with Crippen LogP contribution in [0.1, 0.15) is 42.1 Å². The van der Waals surface area contributed by atoms with Crippen molar-refractivity contribution in [1.29, 1.82) is 0 Å². The van der Waals surface area contributed by atoms with E-state index in [0.717, 1.165) is 11.6 Å². The lowest BCUT2D eigenvalue weighted by atomic mass is 9.73. The van der Waals surface area contributed by atoms with E-state index in [4.69, 9.17) is 17.3 Å². The molecule has 240 valence electrons. The Bertz CT molecular complexity index is 1710. The number of carbonyl (C=O) groups is 2. The predicted octanol–water partition coefficient (Wildman–Crippen LogP) is 4.64. The van der Waals surface area contributed by atoms with E-state index in [2.05, 4.69) is 10.6 Å². The number of benzene rings is 3. The molecule has 3 unspecified atom stereocenters. The summed E-state index contributed by atoms with van der Waals surface area (Å²) >= 11 is 6.31. The van der Waals surface area contributed by atoms with Crippen molar-refractivity contribution >= 4 is 38.9 Å². The van der Waals surface area contributed by atoms with Crippen molar-refractivity contribution in [3.05, 3.63) is 94.3 Å². The van der Waals surface area contributed by atoms with Crippen LogP contribution in [0.15, 0.2) is 65.6 Å². The lowest BCUT2D eigenvalue weighted by Gasteiger charge is -2.43. The van der Waals surface area contributed by atoms with Crippen molar-refractivity contribution < 1.29 is 36.3 Å². The minimum atomic E-state index is -4.12. The zero-order chi connectivity index (χ0) is 32.7. The highest BCUT2D eigenvalue weighted by Gasteiger charge is 2.58. The number of fused-ring (bicyclic) bond motifs is 2. The minimum Gasteiger partial charge on any atom is -0.387 e. The highest BCUT2D eigenvalue weighted by Crippen LogP contribution is 2.54. The standard InChI is InChI=1S/C32H33ClF3N3O5S/c1-17-9-20-12-22(15-23(17)32(20,42)16-38-31(41)27(37)10-18-5-3-2-4-6-18)45(43,44)28-11-19(7-8-24(28)33)30(40)39-21-13-25(34)29(36)26(35)14-21/h2-8,11,13-14,17,20,22-23,27,42H,9-10,12,15-16,37H2,1H3,(H,38,41)(H,39,40)/t17-,20?,22?,23?,27-,32+/m0/s1. The number of carbonyl (C=O) groups excluding carboxylic acids is 2. The van der Waals surface area contributed by atoms with Crippen LogP contribution in [0, 0.1) is 35.2 Å². The number of hydrogen-bond acceptors (Lipinski definition) is 6. The van der Waals surface area contributed by atoms with Crippen LogP contribution < -0.4 is 16.4 Å². The molecular weight excluding hydrogens is 631 g/mol. The second kappa shape index (κ2) is 12.7. The van der Waals surface area contributed by atoms with Crippen LogP contribution >= 0.6 is 11.6 Å². The fourth-order valence-corrected chi connectivity index (χ4v) is 9.15. The van der Waals surface area contributed by atoms with Crippen molar-refractivity contribution in [1.82, 2.24) is 5.32 Å². The van der Waals surface area contributed by atoms with Crippen molar-refractivity contribution in [2.24, 2.45) is 23.5 Å². The SMILES string of the molecule is C[C@H]1CC2CC(S(=O)(=O)c3cc(C(=O)Nc4cc(F)c(F)c(F)c4)ccc3Cl)CC1[C@@]2(O)CNC(=O)[C@@H](N)Cc1ccccc1. The molecule has 0 heterocycles. The highest BCUT2D eigenvalue weighted by atomic mass is 35.5. The van der Waals surface area contributed by atoms with Crippen LogP contribution in [-0.4, -0.2) is 48.8 Å². The molecule has 8 nitrogen and oxygen atoms in total. The van der Waals surface area contributed by atoms with Crippen molar-refractivity contribution in [2.45, 2.75) is 54.4 Å². The molecule has 2 amide bonds. The van der Waals surface area contributed by atoms with E-state index in [-0.39, 0.29) is 46.5 Å². The summed E-state index contributed by atoms with van der Waals surface area (Å²) in [7, 11) is -4.12. The molecule has 2 saturated carbocycles. The highest BCUT2D eigenvalue weighted by molar-refractivity contribution is 7.92. The number of rotatable bonds is 9. The maximum absolute atomic E-state index is 13.9. The largest absolute Gasteiger partial charge is 0.387 e. The van der Waals surface area contributed by atoms with Gasteiger partial charge in [0.1, 0.15) is 0 Å². The van der Waals surface area contributed by atoms with E-state index in [1.165, 1.54) is 12.1 Å². The van der Waals surface area contributed by atoms with Gasteiger partial charge in [0.25, 0.3) is 5.91 Å². The van der Waals surface area contributed by atoms with Gasteiger partial charge < -0.3 is 21.5 Å². The first-order valence-electron chi connectivity index (χ1n) is 14.5. The van der Waals surface area contributed by atoms with Crippen LogP contribution in [0.4, 0.5) is 18.9 Å². The van der Waals surface area contributed by atoms with E-state index in [1.54, 1.807) is 0 Å². The maximum atomic E-state index is 13.9. The quantitative estimate of drug-likeness (QED) is 0.246. The third-order valence-electron chi connectivity index (χ3n) is 9.12. The van der Waals surface area contributed by atoms with Crippen LogP contribution in [0.5, 0.6) is 0 Å². The van der Waals surface area contributed by atoms with Gasteiger partial charge in [0.15, 0.2) is 27.3 Å². The molecular formula is C32H33ClF3N3O5S. The van der Waals surface area contributed by atoms with Crippen LogP contribution in [0.2, 0.25) is 5.02 Å². The van der Waals surface area contributed by atoms with Gasteiger partial charge in [-0.15, -0.1) is 0 Å². The smallest absolute Gasteiger partial charge is 0.255 e. The van der Waals surface area contributed by atoms with Gasteiger partial charge in [-0.2, -0.15) is 0 Å². The Hall–Kier alpha value is -3.45. The minimum absolute atomic E-state index is 0.0285. The Morgan fingerprint density at radius 2 is 1.71 bits per heavy atom. The molecule has 3 aromatic rings. The molecule has 0 radical (unpaired) electrons. The van der Waals surface area contributed by atoms with Gasteiger partial charge in [-0.05, 0) is 67.2 Å². The van der Waals surface area contributed by atoms with Crippen LogP contribution in [-0.2, 0) is 21.1 Å². The van der Waals surface area contributed by atoms with Gasteiger partial charge in [0, 0.05) is 29.9 Å². The molecule has 0 spiro atoms. The zero-order valence-corrected chi connectivity index (χ0v) is 25.8. The van der Waals surface area contributed by atoms with Crippen LogP contribution in [0.3, 0.4) is 0 Å². The van der Waals surface area contributed by atoms with Gasteiger partial charge in [-0.25, -0.2) is 21.6 Å². The van der Waals surface area contributed by atoms with Crippen molar-refractivity contribution in [3.63, 3.8) is 0 Å². The molecule has 0 saturated heterocycles. The summed E-state index contributed by atoms with van der Waals surface area (Å²) in [5.41, 5.74) is 5.16.